The van der Waals surface area contributed by atoms with Gasteiger partial charge in [-0.15, -0.1) is 0 Å². The Labute approximate surface area is 220 Å². The summed E-state index contributed by atoms with van der Waals surface area (Å²) in [6.45, 7) is 6.87. The fourth-order valence-electron chi connectivity index (χ4n) is 4.57. The molecule has 1 unspecified atom stereocenters. The molecular formula is C27H33FN8O2. The Bertz CT molecular complexity index is 1390. The van der Waals surface area contributed by atoms with Crippen LogP contribution in [0.5, 0.6) is 5.88 Å². The van der Waals surface area contributed by atoms with E-state index in [9.17, 15) is 5.11 Å². The molecule has 0 radical (unpaired) electrons. The minimum atomic E-state index is -1.12. The standard InChI is InChI=1S/C27H33FN8O2/c1-17-12-20-21(33-17)6-5-19(24(20)28)15-38-27-23(26(37)29-2)25(31-16-32-27)34-22-7-4-18(13-30-22)14-36-10-8-35(3)9-11-36/h4-7,12-13,16,26,29,33,37H,8-11,14-15H2,1-3H3,(H,30,31,32,34). The van der Waals surface area contributed by atoms with Gasteiger partial charge < -0.3 is 25.0 Å². The van der Waals surface area contributed by atoms with E-state index in [1.54, 1.807) is 19.2 Å². The highest BCUT2D eigenvalue weighted by atomic mass is 19.1. The zero-order chi connectivity index (χ0) is 26.6. The van der Waals surface area contributed by atoms with E-state index in [-0.39, 0.29) is 18.3 Å². The molecule has 0 amide bonds. The topological polar surface area (TPSA) is 114 Å². The molecule has 11 heteroatoms. The van der Waals surface area contributed by atoms with Gasteiger partial charge in [-0.05, 0) is 44.8 Å². The summed E-state index contributed by atoms with van der Waals surface area (Å²) in [7, 11) is 3.75. The molecule has 1 aliphatic rings. The Hall–Kier alpha value is -3.64. The molecule has 4 N–H and O–H groups in total. The predicted molar refractivity (Wildman–Crippen MR) is 144 cm³/mol. The summed E-state index contributed by atoms with van der Waals surface area (Å²) in [6, 6.07) is 9.17. The van der Waals surface area contributed by atoms with Crippen LogP contribution < -0.4 is 15.4 Å². The third-order valence-electron chi connectivity index (χ3n) is 6.78. The van der Waals surface area contributed by atoms with Crippen molar-refractivity contribution >= 4 is 22.5 Å². The number of aromatic amines is 1. The number of likely N-dealkylation sites (N-methyl/N-ethyl adjacent to an activating group) is 1. The SMILES string of the molecule is CNC(O)c1c(Nc2ccc(CN3CCN(C)CC3)cn2)ncnc1OCc1ccc2[nH]c(C)cc2c1F. The summed E-state index contributed by atoms with van der Waals surface area (Å²) in [5, 5.41) is 17.1. The van der Waals surface area contributed by atoms with Crippen molar-refractivity contribution in [1.82, 2.24) is 35.1 Å². The molecule has 200 valence electrons. The van der Waals surface area contributed by atoms with Crippen LogP contribution in [0.25, 0.3) is 10.9 Å². The number of benzene rings is 1. The average molecular weight is 521 g/mol. The molecule has 1 aromatic carbocycles. The zero-order valence-electron chi connectivity index (χ0n) is 21.8. The van der Waals surface area contributed by atoms with Crippen LogP contribution >= 0.6 is 0 Å². The summed E-state index contributed by atoms with van der Waals surface area (Å²) in [4.78, 5) is 20.9. The number of aromatic nitrogens is 4. The number of aliphatic hydroxyl groups excluding tert-OH is 1. The quantitative estimate of drug-likeness (QED) is 0.247. The van der Waals surface area contributed by atoms with E-state index in [1.807, 2.05) is 31.3 Å². The highest BCUT2D eigenvalue weighted by molar-refractivity contribution is 5.81. The normalized spacial score (nSPS) is 15.6. The van der Waals surface area contributed by atoms with E-state index in [4.69, 9.17) is 4.74 Å². The number of nitrogens with one attached hydrogen (secondary N) is 3. The van der Waals surface area contributed by atoms with Gasteiger partial charge in [0.25, 0.3) is 0 Å². The number of nitrogens with zero attached hydrogens (tertiary/aromatic N) is 5. The molecule has 10 nitrogen and oxygen atoms in total. The number of H-pyrrole nitrogens is 1. The first-order valence-electron chi connectivity index (χ1n) is 12.6. The lowest BCUT2D eigenvalue weighted by Gasteiger charge is -2.32. The molecule has 0 saturated carbocycles. The van der Waals surface area contributed by atoms with Crippen molar-refractivity contribution in [2.45, 2.75) is 26.3 Å². The van der Waals surface area contributed by atoms with E-state index in [0.717, 1.165) is 49.5 Å². The second-order valence-corrected chi connectivity index (χ2v) is 9.63. The number of piperazine rings is 1. The molecule has 1 aliphatic heterocycles. The minimum Gasteiger partial charge on any atom is -0.472 e. The van der Waals surface area contributed by atoms with Gasteiger partial charge in [0, 0.05) is 61.1 Å². The molecule has 4 heterocycles. The maximum absolute atomic E-state index is 15.1. The van der Waals surface area contributed by atoms with Gasteiger partial charge in [-0.2, -0.15) is 0 Å². The first-order valence-corrected chi connectivity index (χ1v) is 12.6. The Kier molecular flexibility index (Phi) is 7.79. The van der Waals surface area contributed by atoms with Gasteiger partial charge in [0.2, 0.25) is 5.88 Å². The Balaban J connectivity index is 1.31. The molecule has 4 aromatic rings. The monoisotopic (exact) mass is 520 g/mol. The Morgan fingerprint density at radius 3 is 2.68 bits per heavy atom. The molecule has 3 aromatic heterocycles. The van der Waals surface area contributed by atoms with Crippen LogP contribution in [0.1, 0.15) is 28.6 Å². The number of anilines is 2. The highest BCUT2D eigenvalue weighted by Gasteiger charge is 2.21. The van der Waals surface area contributed by atoms with Crippen molar-refractivity contribution in [3.63, 3.8) is 0 Å². The lowest BCUT2D eigenvalue weighted by molar-refractivity contribution is 0.142. The van der Waals surface area contributed by atoms with Gasteiger partial charge >= 0.3 is 0 Å². The first kappa shape index (κ1) is 26.0. The van der Waals surface area contributed by atoms with Crippen LogP contribution in [0.2, 0.25) is 0 Å². The number of hydrogen-bond acceptors (Lipinski definition) is 9. The number of pyridine rings is 1. The maximum Gasteiger partial charge on any atom is 0.226 e. The first-order chi connectivity index (χ1) is 18.4. The molecule has 5 rings (SSSR count). The number of aryl methyl sites for hydroxylation is 1. The molecule has 1 fully saturated rings. The average Bonchev–Trinajstić information content (AvgIpc) is 3.31. The fourth-order valence-corrected chi connectivity index (χ4v) is 4.57. The molecule has 1 atom stereocenters. The van der Waals surface area contributed by atoms with Crippen molar-refractivity contribution in [3.05, 3.63) is 71.1 Å². The van der Waals surface area contributed by atoms with E-state index in [2.05, 4.69) is 47.4 Å². The van der Waals surface area contributed by atoms with Gasteiger partial charge in [0.05, 0.1) is 0 Å². The van der Waals surface area contributed by atoms with Crippen LogP contribution in [0, 0.1) is 12.7 Å². The number of aliphatic hydroxyl groups is 1. The number of rotatable bonds is 9. The second-order valence-electron chi connectivity index (χ2n) is 9.63. The largest absolute Gasteiger partial charge is 0.472 e. The van der Waals surface area contributed by atoms with Crippen LogP contribution in [-0.4, -0.2) is 75.1 Å². The van der Waals surface area contributed by atoms with Crippen molar-refractivity contribution in [2.75, 3.05) is 45.6 Å². The van der Waals surface area contributed by atoms with Gasteiger partial charge in [0.1, 0.15) is 42.2 Å². The Morgan fingerprint density at radius 1 is 1.13 bits per heavy atom. The number of ether oxygens (including phenoxy) is 1. The van der Waals surface area contributed by atoms with Crippen molar-refractivity contribution in [1.29, 1.82) is 0 Å². The summed E-state index contributed by atoms with van der Waals surface area (Å²) in [6.07, 6.45) is 2.06. The molecule has 1 saturated heterocycles. The maximum atomic E-state index is 15.1. The summed E-state index contributed by atoms with van der Waals surface area (Å²) >= 11 is 0. The smallest absolute Gasteiger partial charge is 0.226 e. The lowest BCUT2D eigenvalue weighted by atomic mass is 10.1. The van der Waals surface area contributed by atoms with Crippen LogP contribution in [0.4, 0.5) is 16.0 Å². The van der Waals surface area contributed by atoms with Gasteiger partial charge in [-0.1, -0.05) is 12.1 Å². The number of hydrogen-bond donors (Lipinski definition) is 4. The van der Waals surface area contributed by atoms with E-state index < -0.39 is 6.23 Å². The molecule has 0 aliphatic carbocycles. The van der Waals surface area contributed by atoms with Crippen molar-refractivity contribution < 1.29 is 14.2 Å². The predicted octanol–water partition coefficient (Wildman–Crippen LogP) is 3.08. The van der Waals surface area contributed by atoms with E-state index in [1.165, 1.54) is 6.33 Å². The zero-order valence-corrected chi connectivity index (χ0v) is 21.8. The van der Waals surface area contributed by atoms with Gasteiger partial charge in [0.15, 0.2) is 0 Å². The summed E-state index contributed by atoms with van der Waals surface area (Å²) in [5.41, 5.74) is 3.41. The van der Waals surface area contributed by atoms with Crippen LogP contribution in [0.15, 0.2) is 42.9 Å². The van der Waals surface area contributed by atoms with Crippen LogP contribution in [-0.2, 0) is 13.2 Å². The molecule has 38 heavy (non-hydrogen) atoms. The van der Waals surface area contributed by atoms with Crippen LogP contribution in [0.3, 0.4) is 0 Å². The van der Waals surface area contributed by atoms with E-state index in [0.29, 0.717) is 28.1 Å². The summed E-state index contributed by atoms with van der Waals surface area (Å²) < 4.78 is 21.0. The minimum absolute atomic E-state index is 0.0644. The van der Waals surface area contributed by atoms with Crippen molar-refractivity contribution in [2.24, 2.45) is 0 Å². The van der Waals surface area contributed by atoms with Crippen molar-refractivity contribution in [3.8, 4) is 5.88 Å². The fraction of sp³-hybridized carbons (Fsp3) is 0.370. The van der Waals surface area contributed by atoms with E-state index >= 15 is 4.39 Å². The lowest BCUT2D eigenvalue weighted by Crippen LogP contribution is -2.43. The van der Waals surface area contributed by atoms with Gasteiger partial charge in [-0.3, -0.25) is 10.2 Å². The molecule has 0 spiro atoms. The third-order valence-corrected chi connectivity index (χ3v) is 6.78. The third kappa shape index (κ3) is 5.76. The summed E-state index contributed by atoms with van der Waals surface area (Å²) in [5.74, 6) is 0.700. The van der Waals surface area contributed by atoms with Gasteiger partial charge in [-0.25, -0.2) is 19.3 Å². The highest BCUT2D eigenvalue weighted by Crippen LogP contribution is 2.31. The number of halogens is 1. The number of fused-ring (bicyclic) bond motifs is 1. The second kappa shape index (κ2) is 11.4. The Morgan fingerprint density at radius 2 is 1.95 bits per heavy atom. The molecular weight excluding hydrogens is 487 g/mol. The molecule has 0 bridgehead atoms.